The number of fused-ring (bicyclic) bond motifs is 1. The van der Waals surface area contributed by atoms with Gasteiger partial charge in [-0.3, -0.25) is 9.59 Å². The van der Waals surface area contributed by atoms with E-state index in [1.54, 1.807) is 6.92 Å². The number of carbonyl (C=O) groups excluding carboxylic acids is 2. The number of aromatic nitrogens is 1. The summed E-state index contributed by atoms with van der Waals surface area (Å²) in [6, 6.07) is 9.83. The second-order valence-electron chi connectivity index (χ2n) is 6.23. The minimum atomic E-state index is -0.0862. The standard InChI is InChI=1S/C18H22N2O2/c1-12(21)14-8-4-5-9-15(14)19-18(22)17-11-13-7-3-6-10-16(13)20(17)2/h3,6-7,10-11,14-15H,4-5,8-9H2,1-2H3,(H,19,22). The van der Waals surface area contributed by atoms with E-state index in [9.17, 15) is 9.59 Å². The molecule has 1 aliphatic carbocycles. The van der Waals surface area contributed by atoms with E-state index in [1.165, 1.54) is 0 Å². The Morgan fingerprint density at radius 1 is 1.18 bits per heavy atom. The molecule has 4 nitrogen and oxygen atoms in total. The van der Waals surface area contributed by atoms with Crippen molar-refractivity contribution in [3.05, 3.63) is 36.0 Å². The molecule has 0 bridgehead atoms. The second kappa shape index (κ2) is 5.95. The van der Waals surface area contributed by atoms with Crippen LogP contribution in [-0.4, -0.2) is 22.3 Å². The molecular weight excluding hydrogens is 276 g/mol. The largest absolute Gasteiger partial charge is 0.347 e. The number of carbonyl (C=O) groups is 2. The van der Waals surface area contributed by atoms with Crippen molar-refractivity contribution in [2.24, 2.45) is 13.0 Å². The lowest BCUT2D eigenvalue weighted by Crippen LogP contribution is -2.45. The molecule has 1 amide bonds. The SMILES string of the molecule is CC(=O)C1CCCCC1NC(=O)c1cc2ccccc2n1C. The van der Waals surface area contributed by atoms with Crippen LogP contribution in [0, 0.1) is 5.92 Å². The molecule has 0 aliphatic heterocycles. The van der Waals surface area contributed by atoms with Crippen molar-refractivity contribution in [3.8, 4) is 0 Å². The molecule has 3 rings (SSSR count). The molecule has 22 heavy (non-hydrogen) atoms. The number of nitrogens with zero attached hydrogens (tertiary/aromatic N) is 1. The summed E-state index contributed by atoms with van der Waals surface area (Å²) in [5.74, 6) is 0.0614. The van der Waals surface area contributed by atoms with Gasteiger partial charge in [-0.15, -0.1) is 0 Å². The maximum Gasteiger partial charge on any atom is 0.268 e. The summed E-state index contributed by atoms with van der Waals surface area (Å²) in [5.41, 5.74) is 1.69. The van der Waals surface area contributed by atoms with E-state index >= 15 is 0 Å². The first kappa shape index (κ1) is 14.8. The Balaban J connectivity index is 1.83. The molecule has 4 heteroatoms. The highest BCUT2D eigenvalue weighted by molar-refractivity contribution is 5.99. The van der Waals surface area contributed by atoms with Crippen molar-refractivity contribution >= 4 is 22.6 Å². The van der Waals surface area contributed by atoms with E-state index in [1.807, 2.05) is 41.9 Å². The van der Waals surface area contributed by atoms with Crippen LogP contribution in [0.2, 0.25) is 0 Å². The van der Waals surface area contributed by atoms with Crippen LogP contribution in [0.25, 0.3) is 10.9 Å². The Morgan fingerprint density at radius 3 is 2.64 bits per heavy atom. The van der Waals surface area contributed by atoms with Gasteiger partial charge in [-0.05, 0) is 31.9 Å². The van der Waals surface area contributed by atoms with Gasteiger partial charge in [0.25, 0.3) is 5.91 Å². The van der Waals surface area contributed by atoms with Gasteiger partial charge < -0.3 is 9.88 Å². The fraction of sp³-hybridized carbons (Fsp3) is 0.444. The molecule has 2 aromatic rings. The quantitative estimate of drug-likeness (QED) is 0.947. The molecule has 1 saturated carbocycles. The van der Waals surface area contributed by atoms with E-state index in [2.05, 4.69) is 5.32 Å². The number of ketones is 1. The van der Waals surface area contributed by atoms with Crippen molar-refractivity contribution in [3.63, 3.8) is 0 Å². The van der Waals surface area contributed by atoms with E-state index in [4.69, 9.17) is 0 Å². The average molecular weight is 298 g/mol. The predicted octanol–water partition coefficient (Wildman–Crippen LogP) is 3.06. The van der Waals surface area contributed by atoms with Crippen LogP contribution in [0.15, 0.2) is 30.3 Å². The third-order valence-electron chi connectivity index (χ3n) is 4.79. The number of hydrogen-bond acceptors (Lipinski definition) is 2. The number of aryl methyl sites for hydroxylation is 1. The van der Waals surface area contributed by atoms with Crippen molar-refractivity contribution in [1.82, 2.24) is 9.88 Å². The van der Waals surface area contributed by atoms with Gasteiger partial charge in [-0.1, -0.05) is 31.0 Å². The number of amides is 1. The van der Waals surface area contributed by atoms with Gasteiger partial charge >= 0.3 is 0 Å². The third-order valence-corrected chi connectivity index (χ3v) is 4.79. The fourth-order valence-electron chi connectivity index (χ4n) is 3.54. The first-order valence-electron chi connectivity index (χ1n) is 7.93. The Hall–Kier alpha value is -2.10. The number of rotatable bonds is 3. The van der Waals surface area contributed by atoms with Gasteiger partial charge in [0.1, 0.15) is 11.5 Å². The molecule has 1 fully saturated rings. The van der Waals surface area contributed by atoms with Crippen molar-refractivity contribution in [2.45, 2.75) is 38.6 Å². The number of hydrogen-bond donors (Lipinski definition) is 1. The summed E-state index contributed by atoms with van der Waals surface area (Å²) in [4.78, 5) is 24.4. The summed E-state index contributed by atoms with van der Waals surface area (Å²) in [7, 11) is 1.90. The monoisotopic (exact) mass is 298 g/mol. The van der Waals surface area contributed by atoms with Crippen LogP contribution in [0.4, 0.5) is 0 Å². The van der Waals surface area contributed by atoms with Gasteiger partial charge in [0.05, 0.1) is 0 Å². The normalized spacial score (nSPS) is 21.7. The smallest absolute Gasteiger partial charge is 0.268 e. The zero-order chi connectivity index (χ0) is 15.7. The van der Waals surface area contributed by atoms with Crippen LogP contribution in [-0.2, 0) is 11.8 Å². The summed E-state index contributed by atoms with van der Waals surface area (Å²) < 4.78 is 1.91. The molecule has 116 valence electrons. The van der Waals surface area contributed by atoms with E-state index in [0.29, 0.717) is 5.69 Å². The van der Waals surface area contributed by atoms with Gasteiger partial charge in [0.15, 0.2) is 0 Å². The minimum absolute atomic E-state index is 0.0308. The van der Waals surface area contributed by atoms with Gasteiger partial charge in [0.2, 0.25) is 0 Å². The molecule has 1 aliphatic rings. The molecule has 1 N–H and O–H groups in total. The van der Waals surface area contributed by atoms with Crippen LogP contribution >= 0.6 is 0 Å². The van der Waals surface area contributed by atoms with Gasteiger partial charge in [-0.25, -0.2) is 0 Å². The number of nitrogens with one attached hydrogen (secondary N) is 1. The second-order valence-corrected chi connectivity index (χ2v) is 6.23. The third kappa shape index (κ3) is 2.65. The highest BCUT2D eigenvalue weighted by atomic mass is 16.2. The number of benzene rings is 1. The zero-order valence-electron chi connectivity index (χ0n) is 13.1. The zero-order valence-corrected chi connectivity index (χ0v) is 13.1. The summed E-state index contributed by atoms with van der Waals surface area (Å²) in [5, 5.41) is 4.15. The Bertz CT molecular complexity index is 717. The molecule has 0 spiro atoms. The summed E-state index contributed by atoms with van der Waals surface area (Å²) in [6.45, 7) is 1.63. The van der Waals surface area contributed by atoms with Gasteiger partial charge in [-0.2, -0.15) is 0 Å². The number of para-hydroxylation sites is 1. The van der Waals surface area contributed by atoms with Crippen molar-refractivity contribution in [1.29, 1.82) is 0 Å². The van der Waals surface area contributed by atoms with E-state index < -0.39 is 0 Å². The van der Waals surface area contributed by atoms with E-state index in [0.717, 1.165) is 36.6 Å². The maximum atomic E-state index is 12.6. The van der Waals surface area contributed by atoms with Crippen LogP contribution in [0.1, 0.15) is 43.1 Å². The maximum absolute atomic E-state index is 12.6. The van der Waals surface area contributed by atoms with Crippen LogP contribution in [0.5, 0.6) is 0 Å². The van der Waals surface area contributed by atoms with Crippen LogP contribution in [0.3, 0.4) is 0 Å². The molecule has 1 aromatic carbocycles. The fourth-order valence-corrected chi connectivity index (χ4v) is 3.54. The molecule has 2 atom stereocenters. The predicted molar refractivity (Wildman–Crippen MR) is 86.8 cm³/mol. The van der Waals surface area contributed by atoms with Crippen LogP contribution < -0.4 is 5.32 Å². The first-order chi connectivity index (χ1) is 10.6. The van der Waals surface area contributed by atoms with Crippen molar-refractivity contribution in [2.75, 3.05) is 0 Å². The Kier molecular flexibility index (Phi) is 4.01. The molecular formula is C18H22N2O2. The lowest BCUT2D eigenvalue weighted by atomic mass is 9.82. The minimum Gasteiger partial charge on any atom is -0.347 e. The lowest BCUT2D eigenvalue weighted by molar-refractivity contribution is -0.122. The molecule has 2 unspecified atom stereocenters. The highest BCUT2D eigenvalue weighted by Gasteiger charge is 2.30. The molecule has 0 radical (unpaired) electrons. The number of Topliss-reactive ketones (excluding diaryl/α,β-unsaturated/α-hetero) is 1. The lowest BCUT2D eigenvalue weighted by Gasteiger charge is -2.30. The molecule has 0 saturated heterocycles. The average Bonchev–Trinajstić information content (AvgIpc) is 2.85. The van der Waals surface area contributed by atoms with E-state index in [-0.39, 0.29) is 23.7 Å². The highest BCUT2D eigenvalue weighted by Crippen LogP contribution is 2.26. The van der Waals surface area contributed by atoms with Gasteiger partial charge in [0, 0.05) is 29.9 Å². The topological polar surface area (TPSA) is 51.1 Å². The molecule has 1 aromatic heterocycles. The summed E-state index contributed by atoms with van der Waals surface area (Å²) in [6.07, 6.45) is 3.92. The Labute approximate surface area is 130 Å². The van der Waals surface area contributed by atoms with Crippen molar-refractivity contribution < 1.29 is 9.59 Å². The molecule has 1 heterocycles. The Morgan fingerprint density at radius 2 is 1.91 bits per heavy atom. The summed E-state index contributed by atoms with van der Waals surface area (Å²) >= 11 is 0. The first-order valence-corrected chi connectivity index (χ1v) is 7.93.